The molecule has 1 aromatic heterocycles. The van der Waals surface area contributed by atoms with Crippen molar-refractivity contribution >= 4 is 0 Å². The van der Waals surface area contributed by atoms with Crippen LogP contribution in [0, 0.1) is 17.8 Å². The number of benzene rings is 1. The highest BCUT2D eigenvalue weighted by molar-refractivity contribution is 5.62. The van der Waals surface area contributed by atoms with E-state index in [2.05, 4.69) is 35.9 Å². The van der Waals surface area contributed by atoms with Crippen molar-refractivity contribution in [2.45, 2.75) is 97.3 Å². The Morgan fingerprint density at radius 3 is 2.13 bits per heavy atom. The number of unbranched alkanes of at least 4 members (excludes halogenated alkanes) is 3. The summed E-state index contributed by atoms with van der Waals surface area (Å²) in [7, 11) is 0. The van der Waals surface area contributed by atoms with Crippen molar-refractivity contribution in [3.63, 3.8) is 0 Å². The molecule has 0 atom stereocenters. The molecule has 3 heteroatoms. The van der Waals surface area contributed by atoms with Crippen molar-refractivity contribution in [1.29, 1.82) is 0 Å². The van der Waals surface area contributed by atoms with E-state index in [1.807, 2.05) is 12.1 Å². The van der Waals surface area contributed by atoms with E-state index in [4.69, 9.17) is 0 Å². The van der Waals surface area contributed by atoms with Crippen molar-refractivity contribution in [3.8, 4) is 11.1 Å². The molecule has 30 heavy (non-hydrogen) atoms. The second-order valence-corrected chi connectivity index (χ2v) is 9.21. The predicted octanol–water partition coefficient (Wildman–Crippen LogP) is 7.94. The van der Waals surface area contributed by atoms with Crippen LogP contribution in [0.3, 0.4) is 0 Å². The van der Waals surface area contributed by atoms with Crippen LogP contribution in [0.2, 0.25) is 0 Å². The monoisotopic (exact) mass is 410 g/mol. The van der Waals surface area contributed by atoms with Crippen LogP contribution in [0.5, 0.6) is 0 Å². The lowest BCUT2D eigenvalue weighted by molar-refractivity contribution is 0.248. The molecular formula is C27H39FN2. The van der Waals surface area contributed by atoms with Crippen LogP contribution in [0.25, 0.3) is 11.1 Å². The van der Waals surface area contributed by atoms with Gasteiger partial charge in [-0.05, 0) is 42.2 Å². The molecule has 0 N–H and O–H groups in total. The first kappa shape index (κ1) is 22.9. The second-order valence-electron chi connectivity index (χ2n) is 9.21. The minimum atomic E-state index is -0.388. The van der Waals surface area contributed by atoms with E-state index in [1.165, 1.54) is 69.8 Å². The third-order valence-electron chi connectivity index (χ3n) is 6.83. The summed E-state index contributed by atoms with van der Waals surface area (Å²) in [5.74, 6) is 1.96. The van der Waals surface area contributed by atoms with Crippen molar-refractivity contribution in [3.05, 3.63) is 47.8 Å². The first-order valence-electron chi connectivity index (χ1n) is 12.3. The fourth-order valence-corrected chi connectivity index (χ4v) is 4.77. The maximum absolute atomic E-state index is 14.7. The van der Waals surface area contributed by atoms with Gasteiger partial charge in [0.25, 0.3) is 0 Å². The summed E-state index contributed by atoms with van der Waals surface area (Å²) in [6, 6.07) is 8.17. The Kier molecular flexibility index (Phi) is 9.29. The average Bonchev–Trinajstić information content (AvgIpc) is 2.78. The zero-order valence-electron chi connectivity index (χ0n) is 19.0. The van der Waals surface area contributed by atoms with E-state index in [9.17, 15) is 4.39 Å². The Hall–Kier alpha value is -1.77. The molecule has 1 aliphatic rings. The third kappa shape index (κ3) is 6.89. The normalized spacial score (nSPS) is 19.2. The zero-order chi connectivity index (χ0) is 21.2. The van der Waals surface area contributed by atoms with Crippen LogP contribution in [-0.2, 0) is 12.8 Å². The number of aryl methyl sites for hydroxylation is 2. The molecule has 2 nitrogen and oxygen atoms in total. The summed E-state index contributed by atoms with van der Waals surface area (Å²) in [5.41, 5.74) is 2.67. The molecule has 1 fully saturated rings. The first-order valence-corrected chi connectivity index (χ1v) is 12.3. The van der Waals surface area contributed by atoms with Gasteiger partial charge in [-0.1, -0.05) is 95.9 Å². The molecule has 0 amide bonds. The first-order chi connectivity index (χ1) is 14.7. The van der Waals surface area contributed by atoms with E-state index in [0.717, 1.165) is 36.7 Å². The van der Waals surface area contributed by atoms with Gasteiger partial charge in [0.2, 0.25) is 5.95 Å². The third-order valence-corrected chi connectivity index (χ3v) is 6.83. The summed E-state index contributed by atoms with van der Waals surface area (Å²) in [4.78, 5) is 8.68. The number of aromatic nitrogens is 2. The molecule has 0 bridgehead atoms. The summed E-state index contributed by atoms with van der Waals surface area (Å²) >= 11 is 0. The summed E-state index contributed by atoms with van der Waals surface area (Å²) in [5, 5.41) is 0. The molecular weight excluding hydrogens is 371 g/mol. The lowest BCUT2D eigenvalue weighted by Crippen LogP contribution is -2.15. The molecule has 0 radical (unpaired) electrons. The molecule has 3 rings (SSSR count). The SMILES string of the molecule is CCCCCC1CCC(CCc2ncc(-c3ccc(CCCC)cc3)c(F)n2)CC1. The molecule has 164 valence electrons. The maximum Gasteiger partial charge on any atom is 0.224 e. The van der Waals surface area contributed by atoms with Gasteiger partial charge in [-0.25, -0.2) is 9.97 Å². The highest BCUT2D eigenvalue weighted by Gasteiger charge is 2.21. The minimum Gasteiger partial charge on any atom is -0.241 e. The Bertz CT molecular complexity index is 748. The molecule has 0 saturated heterocycles. The molecule has 0 aliphatic heterocycles. The molecule has 1 saturated carbocycles. The fraction of sp³-hybridized carbons (Fsp3) is 0.630. The predicted molar refractivity (Wildman–Crippen MR) is 124 cm³/mol. The maximum atomic E-state index is 14.7. The number of hydrogen-bond donors (Lipinski definition) is 0. The standard InChI is InChI=1S/C27H39FN2/c1-3-5-7-9-22-10-12-23(13-11-22)16-19-26-29-20-25(27(28)30-26)24-17-14-21(15-18-24)8-6-4-2/h14-15,17-18,20,22-23H,3-13,16,19H2,1-2H3. The number of halogens is 1. The van der Waals surface area contributed by atoms with Crippen LogP contribution < -0.4 is 0 Å². The summed E-state index contributed by atoms with van der Waals surface area (Å²) in [6.07, 6.45) is 17.9. The molecule has 1 aliphatic carbocycles. The van der Waals surface area contributed by atoms with Crippen LogP contribution in [0.1, 0.15) is 95.9 Å². The molecule has 2 aromatic rings. The van der Waals surface area contributed by atoms with Crippen molar-refractivity contribution in [2.24, 2.45) is 11.8 Å². The van der Waals surface area contributed by atoms with Gasteiger partial charge in [0.1, 0.15) is 5.82 Å². The van der Waals surface area contributed by atoms with E-state index < -0.39 is 0 Å². The van der Waals surface area contributed by atoms with Gasteiger partial charge in [0.05, 0.1) is 5.56 Å². The van der Waals surface area contributed by atoms with Crippen LogP contribution in [-0.4, -0.2) is 9.97 Å². The lowest BCUT2D eigenvalue weighted by atomic mass is 9.78. The second kappa shape index (κ2) is 12.2. The summed E-state index contributed by atoms with van der Waals surface area (Å²) < 4.78 is 14.7. The number of hydrogen-bond acceptors (Lipinski definition) is 2. The minimum absolute atomic E-state index is 0.388. The van der Waals surface area contributed by atoms with Gasteiger partial charge in [-0.3, -0.25) is 0 Å². The molecule has 0 spiro atoms. The van der Waals surface area contributed by atoms with Crippen molar-refractivity contribution < 1.29 is 4.39 Å². The smallest absolute Gasteiger partial charge is 0.224 e. The average molecular weight is 411 g/mol. The van der Waals surface area contributed by atoms with Gasteiger partial charge in [0.15, 0.2) is 0 Å². The fourth-order valence-electron chi connectivity index (χ4n) is 4.77. The number of rotatable bonds is 11. The van der Waals surface area contributed by atoms with E-state index >= 15 is 0 Å². The lowest BCUT2D eigenvalue weighted by Gasteiger charge is -2.28. The van der Waals surface area contributed by atoms with Gasteiger partial charge in [-0.2, -0.15) is 4.39 Å². The van der Waals surface area contributed by atoms with Crippen LogP contribution in [0.4, 0.5) is 4.39 Å². The van der Waals surface area contributed by atoms with Gasteiger partial charge < -0.3 is 0 Å². The summed E-state index contributed by atoms with van der Waals surface area (Å²) in [6.45, 7) is 4.47. The van der Waals surface area contributed by atoms with Gasteiger partial charge >= 0.3 is 0 Å². The molecule has 1 heterocycles. The van der Waals surface area contributed by atoms with Gasteiger partial charge in [-0.15, -0.1) is 0 Å². The Morgan fingerprint density at radius 1 is 0.833 bits per heavy atom. The van der Waals surface area contributed by atoms with Crippen molar-refractivity contribution in [1.82, 2.24) is 9.97 Å². The quantitative estimate of drug-likeness (QED) is 0.277. The van der Waals surface area contributed by atoms with E-state index in [1.54, 1.807) is 6.20 Å². The Labute approximate surface area is 182 Å². The van der Waals surface area contributed by atoms with Crippen LogP contribution >= 0.6 is 0 Å². The zero-order valence-corrected chi connectivity index (χ0v) is 19.0. The van der Waals surface area contributed by atoms with Crippen molar-refractivity contribution in [2.75, 3.05) is 0 Å². The Balaban J connectivity index is 1.48. The van der Waals surface area contributed by atoms with Gasteiger partial charge in [0, 0.05) is 12.6 Å². The van der Waals surface area contributed by atoms with E-state index in [0.29, 0.717) is 11.4 Å². The molecule has 0 unspecified atom stereocenters. The van der Waals surface area contributed by atoms with E-state index in [-0.39, 0.29) is 5.95 Å². The largest absolute Gasteiger partial charge is 0.241 e. The molecule has 1 aromatic carbocycles. The number of nitrogens with zero attached hydrogens (tertiary/aromatic N) is 2. The highest BCUT2D eigenvalue weighted by atomic mass is 19.1. The highest BCUT2D eigenvalue weighted by Crippen LogP contribution is 2.34. The Morgan fingerprint density at radius 2 is 1.50 bits per heavy atom. The van der Waals surface area contributed by atoms with Crippen LogP contribution in [0.15, 0.2) is 30.5 Å². The topological polar surface area (TPSA) is 25.8 Å².